The molecule has 0 bridgehead atoms. The quantitative estimate of drug-likeness (QED) is 0.751. The third-order valence-corrected chi connectivity index (χ3v) is 4.89. The lowest BCUT2D eigenvalue weighted by Gasteiger charge is -2.32. The van der Waals surface area contributed by atoms with Crippen molar-refractivity contribution in [2.24, 2.45) is 0 Å². The van der Waals surface area contributed by atoms with Crippen LogP contribution < -0.4 is 0 Å². The molecule has 98 valence electrons. The number of hydrogen-bond acceptors (Lipinski definition) is 3. The van der Waals surface area contributed by atoms with Gasteiger partial charge in [0.1, 0.15) is 0 Å². The highest BCUT2D eigenvalue weighted by atomic mass is 32.1. The minimum Gasteiger partial charge on any atom is -0.399 e. The molecular formula is C14H21BO2S. The molecule has 0 aromatic carbocycles. The highest BCUT2D eigenvalue weighted by Gasteiger charge is 2.52. The first-order valence-electron chi connectivity index (χ1n) is 6.26. The van der Waals surface area contributed by atoms with E-state index in [4.69, 9.17) is 9.31 Å². The van der Waals surface area contributed by atoms with E-state index < -0.39 is 0 Å². The van der Waals surface area contributed by atoms with E-state index in [1.54, 1.807) is 11.3 Å². The molecule has 1 aromatic rings. The molecule has 18 heavy (non-hydrogen) atoms. The van der Waals surface area contributed by atoms with Crippen LogP contribution in [0.1, 0.15) is 43.0 Å². The van der Waals surface area contributed by atoms with Crippen molar-refractivity contribution in [3.05, 3.63) is 28.0 Å². The lowest BCUT2D eigenvalue weighted by atomic mass is 9.75. The van der Waals surface area contributed by atoms with Gasteiger partial charge in [0, 0.05) is 9.75 Å². The molecule has 1 aliphatic heterocycles. The molecular weight excluding hydrogens is 243 g/mol. The normalized spacial score (nSPS) is 21.3. The Kier molecular flexibility index (Phi) is 3.25. The first-order chi connectivity index (χ1) is 8.14. The fraction of sp³-hybridized carbons (Fsp3) is 0.571. The molecule has 0 atom stereocenters. The van der Waals surface area contributed by atoms with Gasteiger partial charge in [0.05, 0.1) is 11.2 Å². The van der Waals surface area contributed by atoms with Crippen LogP contribution in [0, 0.1) is 13.8 Å². The first kappa shape index (κ1) is 13.8. The highest BCUT2D eigenvalue weighted by Crippen LogP contribution is 2.41. The van der Waals surface area contributed by atoms with Crippen LogP contribution in [0.25, 0.3) is 5.47 Å². The highest BCUT2D eigenvalue weighted by molar-refractivity contribution is 7.12. The van der Waals surface area contributed by atoms with Gasteiger partial charge < -0.3 is 9.31 Å². The van der Waals surface area contributed by atoms with E-state index in [0.717, 1.165) is 11.0 Å². The molecule has 0 spiro atoms. The molecule has 1 aromatic heterocycles. The Morgan fingerprint density at radius 2 is 1.67 bits per heavy atom. The van der Waals surface area contributed by atoms with Crippen LogP contribution in [-0.2, 0) is 9.31 Å². The van der Waals surface area contributed by atoms with Gasteiger partial charge in [-0.3, -0.25) is 0 Å². The summed E-state index contributed by atoms with van der Waals surface area (Å²) >= 11 is 1.78. The maximum Gasteiger partial charge on any atom is 0.494 e. The minimum atomic E-state index is -0.345. The molecule has 1 aliphatic rings. The Bertz CT molecular complexity index is 472. The summed E-state index contributed by atoms with van der Waals surface area (Å²) in [7, 11) is -0.345. The van der Waals surface area contributed by atoms with Gasteiger partial charge in [-0.1, -0.05) is 6.58 Å². The zero-order valence-electron chi connectivity index (χ0n) is 12.1. The number of hydrogen-bond donors (Lipinski definition) is 0. The van der Waals surface area contributed by atoms with Crippen molar-refractivity contribution < 1.29 is 9.31 Å². The van der Waals surface area contributed by atoms with Crippen molar-refractivity contribution in [3.63, 3.8) is 0 Å². The maximum absolute atomic E-state index is 6.03. The molecule has 2 heterocycles. The minimum absolute atomic E-state index is 0.306. The number of thiophene rings is 1. The molecule has 1 fully saturated rings. The summed E-state index contributed by atoms with van der Waals surface area (Å²) in [6.07, 6.45) is 0. The van der Waals surface area contributed by atoms with Crippen molar-refractivity contribution >= 4 is 23.9 Å². The van der Waals surface area contributed by atoms with Crippen LogP contribution in [0.3, 0.4) is 0 Å². The average molecular weight is 264 g/mol. The molecule has 0 N–H and O–H groups in total. The van der Waals surface area contributed by atoms with Crippen LogP contribution >= 0.6 is 11.3 Å². The largest absolute Gasteiger partial charge is 0.494 e. The third kappa shape index (κ3) is 2.17. The summed E-state index contributed by atoms with van der Waals surface area (Å²) in [5, 5.41) is 0. The fourth-order valence-electron chi connectivity index (χ4n) is 2.06. The van der Waals surface area contributed by atoms with Gasteiger partial charge in [0.15, 0.2) is 0 Å². The standard InChI is InChI=1S/C14H21BO2S/c1-9-8-12(11(3)18-9)10(2)15-16-13(4,5)14(6,7)17-15/h8H,2H2,1,3-7H3. The van der Waals surface area contributed by atoms with E-state index in [-0.39, 0.29) is 18.3 Å². The molecule has 2 nitrogen and oxygen atoms in total. The summed E-state index contributed by atoms with van der Waals surface area (Å²) in [5.41, 5.74) is 1.48. The first-order valence-corrected chi connectivity index (χ1v) is 7.07. The second-order valence-corrected chi connectivity index (χ2v) is 7.40. The van der Waals surface area contributed by atoms with Gasteiger partial charge in [-0.2, -0.15) is 0 Å². The van der Waals surface area contributed by atoms with Gasteiger partial charge in [-0.25, -0.2) is 0 Å². The van der Waals surface area contributed by atoms with E-state index >= 15 is 0 Å². The van der Waals surface area contributed by atoms with Crippen molar-refractivity contribution in [1.82, 2.24) is 0 Å². The van der Waals surface area contributed by atoms with Gasteiger partial charge in [-0.15, -0.1) is 11.3 Å². The van der Waals surface area contributed by atoms with Crippen molar-refractivity contribution in [1.29, 1.82) is 0 Å². The zero-order valence-corrected chi connectivity index (χ0v) is 12.9. The Morgan fingerprint density at radius 1 is 1.17 bits per heavy atom. The van der Waals surface area contributed by atoms with Crippen LogP contribution in [0.4, 0.5) is 0 Å². The molecule has 2 rings (SSSR count). The smallest absolute Gasteiger partial charge is 0.399 e. The molecule has 0 saturated carbocycles. The second-order valence-electron chi connectivity index (χ2n) is 5.94. The topological polar surface area (TPSA) is 18.5 Å². The van der Waals surface area contributed by atoms with E-state index in [9.17, 15) is 0 Å². The summed E-state index contributed by atoms with van der Waals surface area (Å²) in [6, 6.07) is 2.16. The average Bonchev–Trinajstić information content (AvgIpc) is 2.64. The summed E-state index contributed by atoms with van der Waals surface area (Å²) in [6.45, 7) is 16.6. The lowest BCUT2D eigenvalue weighted by Crippen LogP contribution is -2.41. The Balaban J connectivity index is 2.25. The Hall–Kier alpha value is -0.575. The van der Waals surface area contributed by atoms with Gasteiger partial charge in [-0.05, 0) is 58.6 Å². The molecule has 0 aliphatic carbocycles. The molecule has 4 heteroatoms. The maximum atomic E-state index is 6.03. The van der Waals surface area contributed by atoms with Crippen LogP contribution in [-0.4, -0.2) is 18.3 Å². The summed E-state index contributed by atoms with van der Waals surface area (Å²) in [4.78, 5) is 2.56. The van der Waals surface area contributed by atoms with E-state index in [1.165, 1.54) is 9.75 Å². The number of aryl methyl sites for hydroxylation is 2. The van der Waals surface area contributed by atoms with E-state index in [2.05, 4.69) is 54.2 Å². The molecule has 0 amide bonds. The predicted molar refractivity (Wildman–Crippen MR) is 78.9 cm³/mol. The Morgan fingerprint density at radius 3 is 2.06 bits per heavy atom. The number of rotatable bonds is 2. The Labute approximate surface area is 114 Å². The fourth-order valence-corrected chi connectivity index (χ4v) is 3.02. The zero-order chi connectivity index (χ0) is 13.7. The summed E-state index contributed by atoms with van der Waals surface area (Å²) < 4.78 is 12.1. The van der Waals surface area contributed by atoms with E-state index in [0.29, 0.717) is 0 Å². The van der Waals surface area contributed by atoms with E-state index in [1.807, 2.05) is 0 Å². The molecule has 0 unspecified atom stereocenters. The van der Waals surface area contributed by atoms with Gasteiger partial charge in [0.25, 0.3) is 0 Å². The monoisotopic (exact) mass is 264 g/mol. The summed E-state index contributed by atoms with van der Waals surface area (Å²) in [5.74, 6) is 0. The van der Waals surface area contributed by atoms with Crippen LogP contribution in [0.5, 0.6) is 0 Å². The molecule has 1 saturated heterocycles. The van der Waals surface area contributed by atoms with Gasteiger partial charge >= 0.3 is 7.12 Å². The lowest BCUT2D eigenvalue weighted by molar-refractivity contribution is 0.00578. The van der Waals surface area contributed by atoms with Gasteiger partial charge in [0.2, 0.25) is 0 Å². The SMILES string of the molecule is C=C(B1OC(C)(C)C(C)(C)O1)c1cc(C)sc1C. The molecule has 0 radical (unpaired) electrons. The van der Waals surface area contributed by atoms with Crippen molar-refractivity contribution in [2.75, 3.05) is 0 Å². The van der Waals surface area contributed by atoms with Crippen molar-refractivity contribution in [3.8, 4) is 0 Å². The third-order valence-electron chi connectivity index (χ3n) is 3.92. The predicted octanol–water partition coefficient (Wildman–Crippen LogP) is 4.01. The van der Waals surface area contributed by atoms with Crippen molar-refractivity contribution in [2.45, 2.75) is 52.7 Å². The van der Waals surface area contributed by atoms with Crippen LogP contribution in [0.15, 0.2) is 12.6 Å². The van der Waals surface area contributed by atoms with Crippen LogP contribution in [0.2, 0.25) is 0 Å². The second kappa shape index (κ2) is 4.22.